The molecule has 3 N–H and O–H groups in total. The van der Waals surface area contributed by atoms with Crippen molar-refractivity contribution in [3.8, 4) is 0 Å². The highest BCUT2D eigenvalue weighted by molar-refractivity contribution is 6.33. The van der Waals surface area contributed by atoms with Gasteiger partial charge in [-0.25, -0.2) is 0 Å². The van der Waals surface area contributed by atoms with E-state index in [9.17, 15) is 0 Å². The number of nitrogens with one attached hydrogen (secondary N) is 1. The van der Waals surface area contributed by atoms with E-state index in [1.54, 1.807) is 0 Å². The largest absolute Gasteiger partial charge is 0.398 e. The van der Waals surface area contributed by atoms with Gasteiger partial charge < -0.3 is 11.1 Å². The summed E-state index contributed by atoms with van der Waals surface area (Å²) in [5.41, 5.74) is 7.43. The van der Waals surface area contributed by atoms with Crippen LogP contribution >= 0.6 is 11.6 Å². The molecule has 1 aromatic carbocycles. The fourth-order valence-electron chi connectivity index (χ4n) is 1.12. The lowest BCUT2D eigenvalue weighted by atomic mass is 10.2. The molecule has 0 bridgehead atoms. The average molecular weight is 213 g/mol. The maximum absolute atomic E-state index is 5.91. The zero-order valence-electron chi connectivity index (χ0n) is 8.68. The van der Waals surface area contributed by atoms with E-state index in [0.717, 1.165) is 13.0 Å². The fourth-order valence-corrected chi connectivity index (χ4v) is 1.32. The van der Waals surface area contributed by atoms with Gasteiger partial charge in [0.05, 0.1) is 10.7 Å². The van der Waals surface area contributed by atoms with Gasteiger partial charge in [-0.3, -0.25) is 0 Å². The molecule has 0 aromatic heterocycles. The second-order valence-electron chi connectivity index (χ2n) is 3.55. The molecule has 1 atom stereocenters. The second-order valence-corrected chi connectivity index (χ2v) is 3.95. The first-order chi connectivity index (χ1) is 6.63. The topological polar surface area (TPSA) is 38.0 Å². The van der Waals surface area contributed by atoms with Crippen LogP contribution in [0, 0.1) is 0 Å². The van der Waals surface area contributed by atoms with Gasteiger partial charge in [0.15, 0.2) is 0 Å². The van der Waals surface area contributed by atoms with E-state index < -0.39 is 0 Å². The Balaban J connectivity index is 2.55. The van der Waals surface area contributed by atoms with Crippen molar-refractivity contribution in [2.24, 2.45) is 0 Å². The molecule has 3 heteroatoms. The van der Waals surface area contributed by atoms with Crippen molar-refractivity contribution in [1.82, 2.24) is 5.32 Å². The van der Waals surface area contributed by atoms with Crippen molar-refractivity contribution in [3.63, 3.8) is 0 Å². The van der Waals surface area contributed by atoms with Gasteiger partial charge in [-0.15, -0.1) is 0 Å². The Morgan fingerprint density at radius 2 is 2.21 bits per heavy atom. The van der Waals surface area contributed by atoms with Gasteiger partial charge in [0.25, 0.3) is 0 Å². The normalized spacial score (nSPS) is 12.8. The van der Waals surface area contributed by atoms with Crippen LogP contribution in [0.1, 0.15) is 25.8 Å². The van der Waals surface area contributed by atoms with E-state index in [2.05, 4.69) is 19.2 Å². The SMILES string of the molecule is CCC(C)NCc1ccc(N)c(Cl)c1. The number of hydrogen-bond acceptors (Lipinski definition) is 2. The van der Waals surface area contributed by atoms with E-state index in [4.69, 9.17) is 17.3 Å². The van der Waals surface area contributed by atoms with Crippen LogP contribution in [0.25, 0.3) is 0 Å². The summed E-state index contributed by atoms with van der Waals surface area (Å²) in [4.78, 5) is 0. The summed E-state index contributed by atoms with van der Waals surface area (Å²) in [6.07, 6.45) is 1.13. The maximum atomic E-state index is 5.91. The Hall–Kier alpha value is -0.730. The summed E-state index contributed by atoms with van der Waals surface area (Å²) in [5, 5.41) is 4.03. The predicted molar refractivity (Wildman–Crippen MR) is 62.5 cm³/mol. The molecule has 1 unspecified atom stereocenters. The van der Waals surface area contributed by atoms with Crippen LogP contribution in [0.3, 0.4) is 0 Å². The zero-order valence-corrected chi connectivity index (χ0v) is 9.43. The molecule has 0 aliphatic carbocycles. The monoisotopic (exact) mass is 212 g/mol. The van der Waals surface area contributed by atoms with Crippen LogP contribution in [-0.4, -0.2) is 6.04 Å². The highest BCUT2D eigenvalue weighted by Crippen LogP contribution is 2.19. The summed E-state index contributed by atoms with van der Waals surface area (Å²) in [6.45, 7) is 5.17. The molecule has 0 amide bonds. The lowest BCUT2D eigenvalue weighted by Gasteiger charge is -2.11. The summed E-state index contributed by atoms with van der Waals surface area (Å²) in [7, 11) is 0. The molecule has 1 aromatic rings. The van der Waals surface area contributed by atoms with Gasteiger partial charge in [-0.1, -0.05) is 24.6 Å². The van der Waals surface area contributed by atoms with Gasteiger partial charge in [0.2, 0.25) is 0 Å². The zero-order chi connectivity index (χ0) is 10.6. The Labute approximate surface area is 90.4 Å². The van der Waals surface area contributed by atoms with Gasteiger partial charge >= 0.3 is 0 Å². The van der Waals surface area contributed by atoms with Gasteiger partial charge in [0, 0.05) is 12.6 Å². The summed E-state index contributed by atoms with van der Waals surface area (Å²) >= 11 is 5.91. The molecular formula is C11H17ClN2. The van der Waals surface area contributed by atoms with Crippen molar-refractivity contribution in [1.29, 1.82) is 0 Å². The number of nitrogen functional groups attached to an aromatic ring is 1. The minimum absolute atomic E-state index is 0.534. The maximum Gasteiger partial charge on any atom is 0.0638 e. The summed E-state index contributed by atoms with van der Waals surface area (Å²) in [5.74, 6) is 0. The highest BCUT2D eigenvalue weighted by Gasteiger charge is 2.00. The van der Waals surface area contributed by atoms with Crippen molar-refractivity contribution in [2.45, 2.75) is 32.9 Å². The first-order valence-corrected chi connectivity index (χ1v) is 5.28. The third-order valence-electron chi connectivity index (χ3n) is 2.33. The predicted octanol–water partition coefficient (Wildman–Crippen LogP) is 2.81. The molecule has 0 heterocycles. The summed E-state index contributed by atoms with van der Waals surface area (Å²) in [6, 6.07) is 6.28. The van der Waals surface area contributed by atoms with Crippen LogP contribution < -0.4 is 11.1 Å². The minimum atomic E-state index is 0.534. The Bertz CT molecular complexity index is 299. The molecular weight excluding hydrogens is 196 g/mol. The van der Waals surface area contributed by atoms with E-state index in [1.807, 2.05) is 18.2 Å². The lowest BCUT2D eigenvalue weighted by Crippen LogP contribution is -2.24. The molecule has 0 saturated carbocycles. The minimum Gasteiger partial charge on any atom is -0.398 e. The molecule has 0 radical (unpaired) electrons. The molecule has 1 rings (SSSR count). The van der Waals surface area contributed by atoms with Crippen LogP contribution in [0.15, 0.2) is 18.2 Å². The van der Waals surface area contributed by atoms with E-state index in [1.165, 1.54) is 5.56 Å². The summed E-state index contributed by atoms with van der Waals surface area (Å²) < 4.78 is 0. The lowest BCUT2D eigenvalue weighted by molar-refractivity contribution is 0.534. The molecule has 0 spiro atoms. The second kappa shape index (κ2) is 5.23. The number of benzene rings is 1. The Kier molecular flexibility index (Phi) is 4.23. The number of halogens is 1. The van der Waals surface area contributed by atoms with Gasteiger partial charge in [0.1, 0.15) is 0 Å². The third kappa shape index (κ3) is 3.20. The molecule has 78 valence electrons. The fraction of sp³-hybridized carbons (Fsp3) is 0.455. The van der Waals surface area contributed by atoms with Crippen molar-refractivity contribution < 1.29 is 0 Å². The first kappa shape index (κ1) is 11.3. The molecule has 0 fully saturated rings. The van der Waals surface area contributed by atoms with Crippen molar-refractivity contribution >= 4 is 17.3 Å². The molecule has 14 heavy (non-hydrogen) atoms. The Morgan fingerprint density at radius 3 is 2.79 bits per heavy atom. The highest BCUT2D eigenvalue weighted by atomic mass is 35.5. The van der Waals surface area contributed by atoms with Crippen molar-refractivity contribution in [2.75, 3.05) is 5.73 Å². The number of nitrogens with two attached hydrogens (primary N) is 1. The van der Waals surface area contributed by atoms with Crippen LogP contribution in [0.2, 0.25) is 5.02 Å². The van der Waals surface area contributed by atoms with Gasteiger partial charge in [-0.05, 0) is 31.0 Å². The molecule has 0 aliphatic heterocycles. The van der Waals surface area contributed by atoms with Crippen LogP contribution in [0.5, 0.6) is 0 Å². The van der Waals surface area contributed by atoms with E-state index in [-0.39, 0.29) is 0 Å². The molecule has 0 aliphatic rings. The van der Waals surface area contributed by atoms with E-state index >= 15 is 0 Å². The number of rotatable bonds is 4. The van der Waals surface area contributed by atoms with E-state index in [0.29, 0.717) is 16.8 Å². The van der Waals surface area contributed by atoms with Crippen LogP contribution in [0.4, 0.5) is 5.69 Å². The standard InChI is InChI=1S/C11H17ClN2/c1-3-8(2)14-7-9-4-5-11(13)10(12)6-9/h4-6,8,14H,3,7,13H2,1-2H3. The number of anilines is 1. The Morgan fingerprint density at radius 1 is 1.50 bits per heavy atom. The smallest absolute Gasteiger partial charge is 0.0638 e. The first-order valence-electron chi connectivity index (χ1n) is 4.90. The quantitative estimate of drug-likeness (QED) is 0.754. The average Bonchev–Trinajstić information content (AvgIpc) is 2.19. The molecule has 0 saturated heterocycles. The third-order valence-corrected chi connectivity index (χ3v) is 2.66. The van der Waals surface area contributed by atoms with Crippen LogP contribution in [-0.2, 0) is 6.54 Å². The number of hydrogen-bond donors (Lipinski definition) is 2. The van der Waals surface area contributed by atoms with Gasteiger partial charge in [-0.2, -0.15) is 0 Å². The molecule has 2 nitrogen and oxygen atoms in total. The van der Waals surface area contributed by atoms with Crippen molar-refractivity contribution in [3.05, 3.63) is 28.8 Å².